The van der Waals surface area contributed by atoms with Crippen molar-refractivity contribution >= 4 is 11.4 Å². The lowest BCUT2D eigenvalue weighted by Gasteiger charge is -2.37. The molecule has 3 aromatic carbocycles. The third-order valence-corrected chi connectivity index (χ3v) is 5.50. The van der Waals surface area contributed by atoms with Gasteiger partial charge in [0.2, 0.25) is 6.23 Å². The van der Waals surface area contributed by atoms with Gasteiger partial charge in [-0.3, -0.25) is 10.1 Å². The van der Waals surface area contributed by atoms with E-state index in [0.29, 0.717) is 12.0 Å². The van der Waals surface area contributed by atoms with Gasteiger partial charge in [-0.1, -0.05) is 42.5 Å². The zero-order valence-electron chi connectivity index (χ0n) is 16.3. The van der Waals surface area contributed by atoms with E-state index in [1.54, 1.807) is 25.3 Å². The number of nitro benzene ring substituents is 1. The van der Waals surface area contributed by atoms with Crippen molar-refractivity contribution in [2.24, 2.45) is 5.10 Å². The van der Waals surface area contributed by atoms with Gasteiger partial charge in [0.1, 0.15) is 11.5 Å². The fourth-order valence-electron chi connectivity index (χ4n) is 4.08. The summed E-state index contributed by atoms with van der Waals surface area (Å²) in [4.78, 5) is 11.3. The summed E-state index contributed by atoms with van der Waals surface area (Å²) in [7, 11) is 1.63. The highest BCUT2D eigenvalue weighted by atomic mass is 16.6. The number of ether oxygens (including phenoxy) is 2. The number of fused-ring (bicyclic) bond motifs is 3. The average molecular weight is 401 g/mol. The van der Waals surface area contributed by atoms with Gasteiger partial charge in [-0.2, -0.15) is 5.10 Å². The Morgan fingerprint density at radius 3 is 2.63 bits per heavy atom. The molecule has 0 fully saturated rings. The predicted molar refractivity (Wildman–Crippen MR) is 112 cm³/mol. The number of nitro groups is 1. The van der Waals surface area contributed by atoms with Crippen LogP contribution in [0.4, 0.5) is 5.69 Å². The molecule has 0 aromatic heterocycles. The first kappa shape index (κ1) is 18.2. The number of hydrogen-bond donors (Lipinski definition) is 0. The van der Waals surface area contributed by atoms with Crippen LogP contribution < -0.4 is 9.47 Å². The van der Waals surface area contributed by atoms with E-state index in [-0.39, 0.29) is 16.7 Å². The van der Waals surface area contributed by atoms with Gasteiger partial charge in [0.05, 0.1) is 29.4 Å². The Hall–Kier alpha value is -3.87. The Kier molecular flexibility index (Phi) is 4.35. The summed E-state index contributed by atoms with van der Waals surface area (Å²) in [6, 6.07) is 22.2. The van der Waals surface area contributed by atoms with E-state index in [9.17, 15) is 10.1 Å². The molecule has 0 bridgehead atoms. The Bertz CT molecular complexity index is 1160. The highest BCUT2D eigenvalue weighted by Gasteiger charge is 2.42. The van der Waals surface area contributed by atoms with Crippen molar-refractivity contribution in [3.05, 3.63) is 99.6 Å². The fraction of sp³-hybridized carbons (Fsp3) is 0.174. The van der Waals surface area contributed by atoms with Crippen molar-refractivity contribution in [1.29, 1.82) is 0 Å². The molecule has 2 heterocycles. The molecule has 7 heteroatoms. The second-order valence-electron chi connectivity index (χ2n) is 7.20. The molecule has 2 aliphatic rings. The molecular formula is C23H19N3O4. The van der Waals surface area contributed by atoms with E-state index >= 15 is 0 Å². The maximum absolute atomic E-state index is 11.6. The molecule has 0 unspecified atom stereocenters. The maximum atomic E-state index is 11.6. The topological polar surface area (TPSA) is 77.2 Å². The van der Waals surface area contributed by atoms with Crippen molar-refractivity contribution in [3.8, 4) is 11.5 Å². The summed E-state index contributed by atoms with van der Waals surface area (Å²) in [5.74, 6) is 1.48. The first-order valence-electron chi connectivity index (χ1n) is 9.65. The lowest BCUT2D eigenvalue weighted by molar-refractivity contribution is -0.386. The fourth-order valence-corrected chi connectivity index (χ4v) is 4.08. The van der Waals surface area contributed by atoms with E-state index in [2.05, 4.69) is 0 Å². The normalized spacial score (nSPS) is 19.4. The Labute approximate surface area is 173 Å². The number of hydrogen-bond acceptors (Lipinski definition) is 6. The van der Waals surface area contributed by atoms with Crippen molar-refractivity contribution in [3.63, 3.8) is 0 Å². The van der Waals surface area contributed by atoms with Crippen molar-refractivity contribution < 1.29 is 14.4 Å². The van der Waals surface area contributed by atoms with Gasteiger partial charge in [-0.25, -0.2) is 5.01 Å². The zero-order valence-corrected chi connectivity index (χ0v) is 16.3. The van der Waals surface area contributed by atoms with Gasteiger partial charge in [-0.15, -0.1) is 0 Å². The monoisotopic (exact) mass is 401 g/mol. The van der Waals surface area contributed by atoms with Crippen LogP contribution in [0.25, 0.3) is 0 Å². The Morgan fingerprint density at radius 2 is 1.83 bits per heavy atom. The highest BCUT2D eigenvalue weighted by molar-refractivity contribution is 6.02. The van der Waals surface area contributed by atoms with Crippen LogP contribution in [0.2, 0.25) is 0 Å². The molecule has 0 radical (unpaired) electrons. The van der Waals surface area contributed by atoms with E-state index in [0.717, 1.165) is 28.3 Å². The highest BCUT2D eigenvalue weighted by Crippen LogP contribution is 2.48. The van der Waals surface area contributed by atoms with Gasteiger partial charge in [0.15, 0.2) is 0 Å². The van der Waals surface area contributed by atoms with Gasteiger partial charge in [0, 0.05) is 23.6 Å². The molecule has 3 aromatic rings. The summed E-state index contributed by atoms with van der Waals surface area (Å²) < 4.78 is 11.6. The minimum Gasteiger partial charge on any atom is -0.497 e. The first-order valence-corrected chi connectivity index (χ1v) is 9.65. The van der Waals surface area contributed by atoms with Crippen molar-refractivity contribution in [2.75, 3.05) is 7.11 Å². The predicted octanol–water partition coefficient (Wildman–Crippen LogP) is 4.85. The van der Waals surface area contributed by atoms with Gasteiger partial charge in [-0.05, 0) is 24.3 Å². The zero-order chi connectivity index (χ0) is 20.7. The van der Waals surface area contributed by atoms with Gasteiger partial charge >= 0.3 is 0 Å². The molecule has 0 aliphatic carbocycles. The summed E-state index contributed by atoms with van der Waals surface area (Å²) in [5, 5.41) is 18.3. The molecule has 2 aliphatic heterocycles. The number of para-hydroxylation sites is 2. The molecule has 0 saturated heterocycles. The summed E-state index contributed by atoms with van der Waals surface area (Å²) in [6.07, 6.45) is -0.0142. The van der Waals surface area contributed by atoms with Crippen LogP contribution in [0.5, 0.6) is 11.5 Å². The number of benzene rings is 3. The van der Waals surface area contributed by atoms with E-state index in [4.69, 9.17) is 14.6 Å². The largest absolute Gasteiger partial charge is 0.497 e. The second-order valence-corrected chi connectivity index (χ2v) is 7.20. The lowest BCUT2D eigenvalue weighted by Crippen LogP contribution is -2.34. The Balaban J connectivity index is 1.62. The van der Waals surface area contributed by atoms with Crippen molar-refractivity contribution in [1.82, 2.24) is 5.01 Å². The lowest BCUT2D eigenvalue weighted by atomic mass is 9.95. The minimum absolute atomic E-state index is 0.0191. The molecule has 0 amide bonds. The summed E-state index contributed by atoms with van der Waals surface area (Å²) in [6.45, 7) is 0. The van der Waals surface area contributed by atoms with Gasteiger partial charge in [0.25, 0.3) is 5.69 Å². The molecule has 2 atom stereocenters. The molecule has 0 spiro atoms. The molecular weight excluding hydrogens is 382 g/mol. The molecule has 0 N–H and O–H groups in total. The number of nitrogens with zero attached hydrogens (tertiary/aromatic N) is 3. The van der Waals surface area contributed by atoms with Crippen LogP contribution in [-0.4, -0.2) is 22.8 Å². The first-order chi connectivity index (χ1) is 14.7. The number of hydrazone groups is 1. The molecule has 0 saturated carbocycles. The minimum atomic E-state index is -0.686. The van der Waals surface area contributed by atoms with Crippen LogP contribution in [0, 0.1) is 10.1 Å². The van der Waals surface area contributed by atoms with E-state index in [1.165, 1.54) is 6.07 Å². The van der Waals surface area contributed by atoms with E-state index in [1.807, 2.05) is 53.5 Å². The van der Waals surface area contributed by atoms with Crippen LogP contribution in [0.3, 0.4) is 0 Å². The smallest absolute Gasteiger partial charge is 0.278 e. The third-order valence-electron chi connectivity index (χ3n) is 5.50. The number of rotatable bonds is 4. The summed E-state index contributed by atoms with van der Waals surface area (Å²) in [5.41, 5.74) is 3.38. The SMILES string of the molecule is COc1cccc(C2=NN3[C@H](C2)c2ccccc2O[C@@H]3c2ccccc2[N+](=O)[O-])c1. The molecule has 150 valence electrons. The molecule has 7 nitrogen and oxygen atoms in total. The van der Waals surface area contributed by atoms with Crippen LogP contribution in [0.1, 0.15) is 35.4 Å². The van der Waals surface area contributed by atoms with Crippen molar-refractivity contribution in [2.45, 2.75) is 18.7 Å². The Morgan fingerprint density at radius 1 is 1.07 bits per heavy atom. The average Bonchev–Trinajstić information content (AvgIpc) is 3.24. The number of methoxy groups -OCH3 is 1. The maximum Gasteiger partial charge on any atom is 0.278 e. The summed E-state index contributed by atoms with van der Waals surface area (Å²) >= 11 is 0. The van der Waals surface area contributed by atoms with Crippen LogP contribution in [0.15, 0.2) is 77.9 Å². The van der Waals surface area contributed by atoms with Crippen LogP contribution >= 0.6 is 0 Å². The van der Waals surface area contributed by atoms with E-state index < -0.39 is 6.23 Å². The standard InChI is InChI=1S/C23H19N3O4/c1-29-16-8-6-7-15(13-16)19-14-21-17-9-3-5-12-22(17)30-23(25(21)24-19)18-10-2-4-11-20(18)26(27)28/h2-13,21,23H,14H2,1H3/t21-,23-/m1/s1. The van der Waals surface area contributed by atoms with Crippen LogP contribution in [-0.2, 0) is 0 Å². The third kappa shape index (κ3) is 2.95. The molecule has 30 heavy (non-hydrogen) atoms. The quantitative estimate of drug-likeness (QED) is 0.462. The molecule has 5 rings (SSSR count). The van der Waals surface area contributed by atoms with Gasteiger partial charge < -0.3 is 9.47 Å². The second kappa shape index (κ2) is 7.18.